The van der Waals surface area contributed by atoms with E-state index in [9.17, 15) is 9.18 Å². The molecule has 2 rings (SSSR count). The van der Waals surface area contributed by atoms with Crippen LogP contribution < -0.4 is 10.6 Å². The Hall–Kier alpha value is -1.13. The highest BCUT2D eigenvalue weighted by Gasteiger charge is 2.11. The fourth-order valence-electron chi connectivity index (χ4n) is 2.86. The lowest BCUT2D eigenvalue weighted by atomic mass is 10.1. The van der Waals surface area contributed by atoms with E-state index in [1.165, 1.54) is 50.7 Å². The van der Waals surface area contributed by atoms with Crippen molar-refractivity contribution in [3.63, 3.8) is 0 Å². The average Bonchev–Trinajstić information content (AvgIpc) is 2.72. The molecule has 3 nitrogen and oxygen atoms in total. The predicted octanol–water partition coefficient (Wildman–Crippen LogP) is 3.22. The first-order chi connectivity index (χ1) is 10.2. The second kappa shape index (κ2) is 10.6. The van der Waals surface area contributed by atoms with Crippen molar-refractivity contribution in [2.24, 2.45) is 0 Å². The van der Waals surface area contributed by atoms with Gasteiger partial charge in [-0.1, -0.05) is 37.8 Å². The van der Waals surface area contributed by atoms with Gasteiger partial charge in [0.25, 0.3) is 0 Å². The van der Waals surface area contributed by atoms with Crippen molar-refractivity contribution < 1.29 is 9.18 Å². The van der Waals surface area contributed by atoms with E-state index in [1.54, 1.807) is 12.1 Å². The van der Waals surface area contributed by atoms with Crippen molar-refractivity contribution in [2.75, 3.05) is 13.1 Å². The normalized spacial score (nSPS) is 15.7. The molecule has 124 valence electrons. The van der Waals surface area contributed by atoms with Crippen LogP contribution in [-0.2, 0) is 11.2 Å². The molecule has 0 saturated heterocycles. The number of rotatable bonds is 6. The topological polar surface area (TPSA) is 41.1 Å². The minimum absolute atomic E-state index is 0. The highest BCUT2D eigenvalue weighted by molar-refractivity contribution is 5.85. The van der Waals surface area contributed by atoms with E-state index in [-0.39, 0.29) is 30.6 Å². The molecular formula is C17H26ClFN2O. The molecule has 1 fully saturated rings. The summed E-state index contributed by atoms with van der Waals surface area (Å²) in [5.41, 5.74) is 0.712. The molecule has 0 aromatic heterocycles. The monoisotopic (exact) mass is 328 g/mol. The Labute approximate surface area is 138 Å². The minimum Gasteiger partial charge on any atom is -0.355 e. The molecule has 22 heavy (non-hydrogen) atoms. The molecule has 0 spiro atoms. The molecule has 1 aromatic rings. The summed E-state index contributed by atoms with van der Waals surface area (Å²) < 4.78 is 13.0. The first kappa shape index (κ1) is 18.9. The van der Waals surface area contributed by atoms with Gasteiger partial charge < -0.3 is 10.6 Å². The Morgan fingerprint density at radius 2 is 1.86 bits per heavy atom. The molecule has 0 unspecified atom stereocenters. The SMILES string of the molecule is Cl.O=C(Cc1cccc(F)c1)NCCNC1CCCCCC1. The third-order valence-corrected chi connectivity index (χ3v) is 3.99. The number of hydrogen-bond donors (Lipinski definition) is 2. The standard InChI is InChI=1S/C17H25FN2O.ClH/c18-15-7-5-6-14(12-15)13-17(21)20-11-10-19-16-8-3-1-2-4-9-16;/h5-7,12,16,19H,1-4,8-11,13H2,(H,20,21);1H. The Bertz CT molecular complexity index is 448. The zero-order valence-electron chi connectivity index (χ0n) is 12.9. The van der Waals surface area contributed by atoms with Gasteiger partial charge in [-0.15, -0.1) is 12.4 Å². The van der Waals surface area contributed by atoms with Crippen LogP contribution in [0.4, 0.5) is 4.39 Å². The zero-order chi connectivity index (χ0) is 14.9. The second-order valence-corrected chi connectivity index (χ2v) is 5.80. The highest BCUT2D eigenvalue weighted by atomic mass is 35.5. The van der Waals surface area contributed by atoms with Crippen molar-refractivity contribution in [1.82, 2.24) is 10.6 Å². The Kier molecular flexibility index (Phi) is 9.09. The van der Waals surface area contributed by atoms with E-state index in [1.807, 2.05) is 0 Å². The molecule has 0 heterocycles. The number of carbonyl (C=O) groups excluding carboxylic acids is 1. The minimum atomic E-state index is -0.296. The fourth-order valence-corrected chi connectivity index (χ4v) is 2.86. The molecule has 0 radical (unpaired) electrons. The third-order valence-electron chi connectivity index (χ3n) is 3.99. The third kappa shape index (κ3) is 7.23. The first-order valence-electron chi connectivity index (χ1n) is 7.98. The van der Waals surface area contributed by atoms with Gasteiger partial charge >= 0.3 is 0 Å². The van der Waals surface area contributed by atoms with E-state index in [0.29, 0.717) is 18.2 Å². The summed E-state index contributed by atoms with van der Waals surface area (Å²) in [6.07, 6.45) is 8.05. The van der Waals surface area contributed by atoms with Gasteiger partial charge in [0.1, 0.15) is 5.82 Å². The van der Waals surface area contributed by atoms with Gasteiger partial charge in [-0.2, -0.15) is 0 Å². The fraction of sp³-hybridized carbons (Fsp3) is 0.588. The van der Waals surface area contributed by atoms with Gasteiger partial charge in [0.2, 0.25) is 5.91 Å². The van der Waals surface area contributed by atoms with Gasteiger partial charge in [0.15, 0.2) is 0 Å². The lowest BCUT2D eigenvalue weighted by molar-refractivity contribution is -0.120. The van der Waals surface area contributed by atoms with E-state index in [0.717, 1.165) is 6.54 Å². The Morgan fingerprint density at radius 3 is 2.55 bits per heavy atom. The lowest BCUT2D eigenvalue weighted by Gasteiger charge is -2.16. The highest BCUT2D eigenvalue weighted by Crippen LogP contribution is 2.16. The number of hydrogen-bond acceptors (Lipinski definition) is 2. The molecular weight excluding hydrogens is 303 g/mol. The van der Waals surface area contributed by atoms with Gasteiger partial charge in [0, 0.05) is 19.1 Å². The lowest BCUT2D eigenvalue weighted by Crippen LogP contribution is -2.37. The Morgan fingerprint density at radius 1 is 1.14 bits per heavy atom. The van der Waals surface area contributed by atoms with Crippen molar-refractivity contribution in [3.8, 4) is 0 Å². The smallest absolute Gasteiger partial charge is 0.224 e. The summed E-state index contributed by atoms with van der Waals surface area (Å²) in [4.78, 5) is 11.8. The summed E-state index contributed by atoms with van der Waals surface area (Å²) in [6.45, 7) is 1.43. The van der Waals surface area contributed by atoms with E-state index in [4.69, 9.17) is 0 Å². The predicted molar refractivity (Wildman–Crippen MR) is 89.9 cm³/mol. The van der Waals surface area contributed by atoms with Crippen LogP contribution in [0.2, 0.25) is 0 Å². The molecule has 1 aliphatic rings. The van der Waals surface area contributed by atoms with Crippen LogP contribution in [0.15, 0.2) is 24.3 Å². The summed E-state index contributed by atoms with van der Waals surface area (Å²) in [5, 5.41) is 6.40. The molecule has 2 N–H and O–H groups in total. The number of halogens is 2. The molecule has 5 heteroatoms. The molecule has 0 bridgehead atoms. The van der Waals surface area contributed by atoms with Crippen LogP contribution in [0.1, 0.15) is 44.1 Å². The summed E-state index contributed by atoms with van der Waals surface area (Å²) in [7, 11) is 0. The molecule has 1 aromatic carbocycles. The maximum absolute atomic E-state index is 13.0. The van der Waals surface area contributed by atoms with Gasteiger partial charge in [-0.25, -0.2) is 4.39 Å². The maximum Gasteiger partial charge on any atom is 0.224 e. The average molecular weight is 329 g/mol. The molecule has 1 saturated carbocycles. The largest absolute Gasteiger partial charge is 0.355 e. The van der Waals surface area contributed by atoms with Gasteiger partial charge in [-0.05, 0) is 30.5 Å². The van der Waals surface area contributed by atoms with Crippen LogP contribution in [0.25, 0.3) is 0 Å². The summed E-state index contributed by atoms with van der Waals surface area (Å²) in [5.74, 6) is -0.349. The van der Waals surface area contributed by atoms with Gasteiger partial charge in [0.05, 0.1) is 6.42 Å². The Balaban J connectivity index is 0.00000242. The van der Waals surface area contributed by atoms with Crippen molar-refractivity contribution in [1.29, 1.82) is 0 Å². The molecule has 0 atom stereocenters. The number of carbonyl (C=O) groups is 1. The van der Waals surface area contributed by atoms with Crippen LogP contribution >= 0.6 is 12.4 Å². The van der Waals surface area contributed by atoms with Crippen molar-refractivity contribution >= 4 is 18.3 Å². The zero-order valence-corrected chi connectivity index (χ0v) is 13.8. The van der Waals surface area contributed by atoms with Crippen molar-refractivity contribution in [3.05, 3.63) is 35.6 Å². The quantitative estimate of drug-likeness (QED) is 0.622. The number of amides is 1. The van der Waals surface area contributed by atoms with E-state index >= 15 is 0 Å². The van der Waals surface area contributed by atoms with Crippen LogP contribution in [0.3, 0.4) is 0 Å². The molecule has 1 aliphatic carbocycles. The number of benzene rings is 1. The van der Waals surface area contributed by atoms with Crippen molar-refractivity contribution in [2.45, 2.75) is 51.0 Å². The second-order valence-electron chi connectivity index (χ2n) is 5.80. The number of nitrogens with one attached hydrogen (secondary N) is 2. The van der Waals surface area contributed by atoms with Crippen LogP contribution in [-0.4, -0.2) is 25.0 Å². The first-order valence-corrected chi connectivity index (χ1v) is 7.98. The maximum atomic E-state index is 13.0. The molecule has 1 amide bonds. The van der Waals surface area contributed by atoms with E-state index < -0.39 is 0 Å². The van der Waals surface area contributed by atoms with Gasteiger partial charge in [-0.3, -0.25) is 4.79 Å². The molecule has 0 aliphatic heterocycles. The summed E-state index contributed by atoms with van der Waals surface area (Å²) >= 11 is 0. The van der Waals surface area contributed by atoms with Crippen LogP contribution in [0.5, 0.6) is 0 Å². The van der Waals surface area contributed by atoms with E-state index in [2.05, 4.69) is 10.6 Å². The summed E-state index contributed by atoms with van der Waals surface area (Å²) in [6, 6.07) is 6.80. The van der Waals surface area contributed by atoms with Crippen LogP contribution in [0, 0.1) is 5.82 Å².